The van der Waals surface area contributed by atoms with Gasteiger partial charge in [-0.3, -0.25) is 5.43 Å². The van der Waals surface area contributed by atoms with E-state index in [0.717, 1.165) is 27.9 Å². The zero-order valence-electron chi connectivity index (χ0n) is 11.5. The molecule has 0 unspecified atom stereocenters. The minimum Gasteiger partial charge on any atom is -0.478 e. The predicted molar refractivity (Wildman–Crippen MR) is 88.0 cm³/mol. The summed E-state index contributed by atoms with van der Waals surface area (Å²) in [5, 5.41) is 13.3. The van der Waals surface area contributed by atoms with Crippen molar-refractivity contribution >= 4 is 33.3 Å². The number of rotatable bonds is 5. The standard InChI is InChI=1S/C16H15BrN2O2/c1-2-15(12-4-3-5-13(17)10-12)19-18-14-8-6-11(7-9-14)16(20)21/h3-10,18H,2H2,1H3,(H,20,21)/b19-15-. The van der Waals surface area contributed by atoms with Gasteiger partial charge in [-0.2, -0.15) is 5.10 Å². The summed E-state index contributed by atoms with van der Waals surface area (Å²) >= 11 is 3.45. The van der Waals surface area contributed by atoms with Crippen LogP contribution < -0.4 is 5.43 Å². The van der Waals surface area contributed by atoms with Crippen molar-refractivity contribution in [3.8, 4) is 0 Å². The van der Waals surface area contributed by atoms with Crippen LogP contribution in [0.1, 0.15) is 29.3 Å². The first-order valence-corrected chi connectivity index (χ1v) is 7.31. The van der Waals surface area contributed by atoms with Crippen LogP contribution in [-0.4, -0.2) is 16.8 Å². The van der Waals surface area contributed by atoms with Crippen molar-refractivity contribution in [1.82, 2.24) is 0 Å². The Morgan fingerprint density at radius 2 is 1.90 bits per heavy atom. The van der Waals surface area contributed by atoms with Crippen LogP contribution in [0.2, 0.25) is 0 Å². The molecule has 2 rings (SSSR count). The Labute approximate surface area is 131 Å². The fourth-order valence-electron chi connectivity index (χ4n) is 1.84. The van der Waals surface area contributed by atoms with E-state index in [1.54, 1.807) is 24.3 Å². The van der Waals surface area contributed by atoms with Crippen molar-refractivity contribution in [2.45, 2.75) is 13.3 Å². The van der Waals surface area contributed by atoms with Crippen molar-refractivity contribution in [2.75, 3.05) is 5.43 Å². The van der Waals surface area contributed by atoms with Crippen molar-refractivity contribution in [2.24, 2.45) is 5.10 Å². The minimum atomic E-state index is -0.937. The first-order chi connectivity index (χ1) is 10.1. The number of nitrogens with zero attached hydrogens (tertiary/aromatic N) is 1. The van der Waals surface area contributed by atoms with Gasteiger partial charge in [0.2, 0.25) is 0 Å². The zero-order valence-corrected chi connectivity index (χ0v) is 13.1. The topological polar surface area (TPSA) is 61.7 Å². The molecule has 0 heterocycles. The molecule has 2 aromatic carbocycles. The van der Waals surface area contributed by atoms with Crippen LogP contribution in [0.3, 0.4) is 0 Å². The molecular formula is C16H15BrN2O2. The molecule has 0 atom stereocenters. The number of carboxylic acids is 1. The monoisotopic (exact) mass is 346 g/mol. The Morgan fingerprint density at radius 3 is 2.48 bits per heavy atom. The van der Waals surface area contributed by atoms with E-state index in [4.69, 9.17) is 5.11 Å². The fraction of sp³-hybridized carbons (Fsp3) is 0.125. The van der Waals surface area contributed by atoms with Gasteiger partial charge in [-0.1, -0.05) is 35.0 Å². The first-order valence-electron chi connectivity index (χ1n) is 6.52. The van der Waals surface area contributed by atoms with E-state index in [0.29, 0.717) is 0 Å². The van der Waals surface area contributed by atoms with Crippen LogP contribution >= 0.6 is 15.9 Å². The molecule has 0 bridgehead atoms. The van der Waals surface area contributed by atoms with E-state index >= 15 is 0 Å². The number of hydrazone groups is 1. The molecule has 0 aliphatic rings. The molecule has 0 aliphatic carbocycles. The van der Waals surface area contributed by atoms with Crippen LogP contribution in [0.5, 0.6) is 0 Å². The van der Waals surface area contributed by atoms with Crippen LogP contribution in [0.25, 0.3) is 0 Å². The van der Waals surface area contributed by atoms with Gasteiger partial charge in [-0.15, -0.1) is 0 Å². The van der Waals surface area contributed by atoms with Gasteiger partial charge in [0, 0.05) is 4.47 Å². The van der Waals surface area contributed by atoms with E-state index in [2.05, 4.69) is 26.5 Å². The number of halogens is 1. The number of benzene rings is 2. The summed E-state index contributed by atoms with van der Waals surface area (Å²) in [6.07, 6.45) is 0.788. The Balaban J connectivity index is 2.16. The molecule has 5 heteroatoms. The molecule has 0 saturated heterocycles. The molecule has 0 radical (unpaired) electrons. The van der Waals surface area contributed by atoms with Gasteiger partial charge in [0.05, 0.1) is 17.0 Å². The largest absolute Gasteiger partial charge is 0.478 e. The zero-order chi connectivity index (χ0) is 15.2. The number of hydrogen-bond acceptors (Lipinski definition) is 3. The number of carbonyl (C=O) groups is 1. The lowest BCUT2D eigenvalue weighted by Gasteiger charge is -2.06. The molecule has 0 aliphatic heterocycles. The molecule has 21 heavy (non-hydrogen) atoms. The molecule has 108 valence electrons. The van der Waals surface area contributed by atoms with E-state index < -0.39 is 5.97 Å². The SMILES string of the molecule is CC/C(=N/Nc1ccc(C(=O)O)cc1)c1cccc(Br)c1. The van der Waals surface area contributed by atoms with Gasteiger partial charge in [0.15, 0.2) is 0 Å². The lowest BCUT2D eigenvalue weighted by atomic mass is 10.1. The van der Waals surface area contributed by atoms with E-state index in [1.165, 1.54) is 0 Å². The summed E-state index contributed by atoms with van der Waals surface area (Å²) in [5.74, 6) is -0.937. The lowest BCUT2D eigenvalue weighted by Crippen LogP contribution is -2.03. The normalized spacial score (nSPS) is 11.2. The van der Waals surface area contributed by atoms with E-state index in [1.807, 2.05) is 31.2 Å². The first kappa shape index (κ1) is 15.3. The van der Waals surface area contributed by atoms with Crippen molar-refractivity contribution < 1.29 is 9.90 Å². The highest BCUT2D eigenvalue weighted by Gasteiger charge is 2.03. The molecule has 2 N–H and O–H groups in total. The van der Waals surface area contributed by atoms with Crippen LogP contribution in [0, 0.1) is 0 Å². The molecule has 0 aromatic heterocycles. The second-order valence-corrected chi connectivity index (χ2v) is 5.33. The summed E-state index contributed by atoms with van der Waals surface area (Å²) in [5.41, 5.74) is 5.94. The lowest BCUT2D eigenvalue weighted by molar-refractivity contribution is 0.0697. The van der Waals surface area contributed by atoms with E-state index in [9.17, 15) is 4.79 Å². The Morgan fingerprint density at radius 1 is 1.19 bits per heavy atom. The quantitative estimate of drug-likeness (QED) is 0.624. The van der Waals surface area contributed by atoms with Crippen LogP contribution in [0.4, 0.5) is 5.69 Å². The summed E-state index contributed by atoms with van der Waals surface area (Å²) in [6.45, 7) is 2.04. The summed E-state index contributed by atoms with van der Waals surface area (Å²) < 4.78 is 1.01. The Kier molecular flexibility index (Phi) is 5.11. The van der Waals surface area contributed by atoms with Gasteiger partial charge in [0.1, 0.15) is 0 Å². The third kappa shape index (κ3) is 4.16. The van der Waals surface area contributed by atoms with Crippen molar-refractivity contribution in [3.63, 3.8) is 0 Å². The van der Waals surface area contributed by atoms with Crippen LogP contribution in [0.15, 0.2) is 58.1 Å². The molecular weight excluding hydrogens is 332 g/mol. The van der Waals surface area contributed by atoms with Gasteiger partial charge >= 0.3 is 5.97 Å². The summed E-state index contributed by atoms with van der Waals surface area (Å²) in [6, 6.07) is 14.4. The number of hydrogen-bond donors (Lipinski definition) is 2. The van der Waals surface area contributed by atoms with Gasteiger partial charge in [0.25, 0.3) is 0 Å². The average Bonchev–Trinajstić information content (AvgIpc) is 2.48. The molecule has 0 amide bonds. The smallest absolute Gasteiger partial charge is 0.335 e. The number of nitrogens with one attached hydrogen (secondary N) is 1. The molecule has 0 fully saturated rings. The maximum Gasteiger partial charge on any atom is 0.335 e. The third-order valence-corrected chi connectivity index (χ3v) is 3.44. The highest BCUT2D eigenvalue weighted by Crippen LogP contribution is 2.15. The maximum atomic E-state index is 10.8. The predicted octanol–water partition coefficient (Wildman–Crippen LogP) is 4.37. The highest BCUT2D eigenvalue weighted by molar-refractivity contribution is 9.10. The Bertz CT molecular complexity index is 666. The second kappa shape index (κ2) is 7.04. The van der Waals surface area contributed by atoms with Gasteiger partial charge in [-0.05, 0) is 48.4 Å². The third-order valence-electron chi connectivity index (χ3n) is 2.94. The maximum absolute atomic E-state index is 10.8. The second-order valence-electron chi connectivity index (χ2n) is 4.42. The number of aromatic carboxylic acids is 1. The molecule has 4 nitrogen and oxygen atoms in total. The molecule has 2 aromatic rings. The van der Waals surface area contributed by atoms with E-state index in [-0.39, 0.29) is 5.56 Å². The van der Waals surface area contributed by atoms with Crippen molar-refractivity contribution in [1.29, 1.82) is 0 Å². The highest BCUT2D eigenvalue weighted by atomic mass is 79.9. The summed E-state index contributed by atoms with van der Waals surface area (Å²) in [7, 11) is 0. The fourth-order valence-corrected chi connectivity index (χ4v) is 2.23. The molecule has 0 spiro atoms. The number of carboxylic acid groups (broad SMARTS) is 1. The minimum absolute atomic E-state index is 0.257. The van der Waals surface area contributed by atoms with Gasteiger partial charge in [-0.25, -0.2) is 4.79 Å². The number of anilines is 1. The Hall–Kier alpha value is -2.14. The van der Waals surface area contributed by atoms with Crippen LogP contribution in [-0.2, 0) is 0 Å². The molecule has 0 saturated carbocycles. The average molecular weight is 347 g/mol. The van der Waals surface area contributed by atoms with Crippen molar-refractivity contribution in [3.05, 3.63) is 64.1 Å². The summed E-state index contributed by atoms with van der Waals surface area (Å²) in [4.78, 5) is 10.8. The van der Waals surface area contributed by atoms with Gasteiger partial charge < -0.3 is 5.11 Å².